The molecule has 0 aromatic heterocycles. The van der Waals surface area contributed by atoms with Crippen LogP contribution < -0.4 is 5.43 Å². The van der Waals surface area contributed by atoms with Crippen molar-refractivity contribution in [2.75, 3.05) is 0 Å². The lowest BCUT2D eigenvalue weighted by Crippen LogP contribution is -2.27. The number of benzene rings is 3. The predicted molar refractivity (Wildman–Crippen MR) is 107 cm³/mol. The van der Waals surface area contributed by atoms with Crippen LogP contribution in [0.1, 0.15) is 29.5 Å². The van der Waals surface area contributed by atoms with Crippen molar-refractivity contribution in [2.24, 2.45) is 5.10 Å². The van der Waals surface area contributed by atoms with Gasteiger partial charge in [-0.15, -0.1) is 0 Å². The molecule has 0 saturated carbocycles. The fourth-order valence-electron chi connectivity index (χ4n) is 2.75. The summed E-state index contributed by atoms with van der Waals surface area (Å²) in [6.45, 7) is 1.85. The molecule has 0 atom stereocenters. The zero-order valence-corrected chi connectivity index (χ0v) is 15.1. The maximum absolute atomic E-state index is 12.9. The van der Waals surface area contributed by atoms with Crippen LogP contribution in [0.4, 0.5) is 0 Å². The van der Waals surface area contributed by atoms with Crippen molar-refractivity contribution >= 4 is 23.2 Å². The van der Waals surface area contributed by atoms with Crippen molar-refractivity contribution in [1.29, 1.82) is 0 Å². The molecule has 0 aliphatic carbocycles. The average molecular weight is 363 g/mol. The molecule has 3 aromatic carbocycles. The summed E-state index contributed by atoms with van der Waals surface area (Å²) in [4.78, 5) is 12.9. The third kappa shape index (κ3) is 4.38. The Morgan fingerprint density at radius 2 is 1.35 bits per heavy atom. The minimum Gasteiger partial charge on any atom is -0.272 e. The third-order valence-corrected chi connectivity index (χ3v) is 4.38. The first-order valence-electron chi connectivity index (χ1n) is 8.35. The van der Waals surface area contributed by atoms with Gasteiger partial charge in [0.15, 0.2) is 0 Å². The molecule has 0 fully saturated rings. The highest BCUT2D eigenvalue weighted by Gasteiger charge is 2.22. The standard InChI is InChI=1S/C22H19ClN2O/c1-16(17-12-14-20(23)15-13-17)24-25-22(26)21(18-8-4-2-5-9-18)19-10-6-3-7-11-19/h2-15,21H,1H3,(H,25,26). The molecule has 0 heterocycles. The van der Waals surface area contributed by atoms with Gasteiger partial charge in [-0.1, -0.05) is 84.4 Å². The summed E-state index contributed by atoms with van der Waals surface area (Å²) < 4.78 is 0. The number of nitrogens with one attached hydrogen (secondary N) is 1. The highest BCUT2D eigenvalue weighted by molar-refractivity contribution is 6.30. The van der Waals surface area contributed by atoms with Crippen LogP contribution in [0.2, 0.25) is 5.02 Å². The Morgan fingerprint density at radius 3 is 1.85 bits per heavy atom. The molecule has 3 nitrogen and oxygen atoms in total. The number of nitrogens with zero attached hydrogens (tertiary/aromatic N) is 1. The molecule has 0 unspecified atom stereocenters. The summed E-state index contributed by atoms with van der Waals surface area (Å²) in [6.07, 6.45) is 0. The molecular formula is C22H19ClN2O. The van der Waals surface area contributed by atoms with Crippen molar-refractivity contribution in [3.8, 4) is 0 Å². The van der Waals surface area contributed by atoms with Crippen LogP contribution in [0.15, 0.2) is 90.0 Å². The van der Waals surface area contributed by atoms with Crippen molar-refractivity contribution in [1.82, 2.24) is 5.43 Å². The molecule has 1 amide bonds. The van der Waals surface area contributed by atoms with Gasteiger partial charge in [-0.3, -0.25) is 4.79 Å². The monoisotopic (exact) mass is 362 g/mol. The van der Waals surface area contributed by atoms with E-state index in [0.29, 0.717) is 5.02 Å². The van der Waals surface area contributed by atoms with Gasteiger partial charge < -0.3 is 0 Å². The Balaban J connectivity index is 1.84. The quantitative estimate of drug-likeness (QED) is 0.503. The molecule has 130 valence electrons. The molecule has 3 rings (SSSR count). The Morgan fingerprint density at radius 1 is 0.846 bits per heavy atom. The van der Waals surface area contributed by atoms with E-state index in [1.165, 1.54) is 0 Å². The number of halogens is 1. The lowest BCUT2D eigenvalue weighted by Gasteiger charge is -2.16. The van der Waals surface area contributed by atoms with Crippen molar-refractivity contribution in [2.45, 2.75) is 12.8 Å². The van der Waals surface area contributed by atoms with Gasteiger partial charge in [-0.25, -0.2) is 5.43 Å². The van der Waals surface area contributed by atoms with Crippen LogP contribution in [0.25, 0.3) is 0 Å². The molecule has 0 saturated heterocycles. The molecule has 0 aliphatic heterocycles. The lowest BCUT2D eigenvalue weighted by molar-refractivity contribution is -0.121. The summed E-state index contributed by atoms with van der Waals surface area (Å²) in [5.74, 6) is -0.588. The number of carbonyl (C=O) groups is 1. The maximum atomic E-state index is 12.9. The van der Waals surface area contributed by atoms with Gasteiger partial charge in [-0.2, -0.15) is 5.10 Å². The van der Waals surface area contributed by atoms with Crippen LogP contribution in [-0.2, 0) is 4.79 Å². The van der Waals surface area contributed by atoms with Crippen molar-refractivity contribution in [3.05, 3.63) is 107 Å². The largest absolute Gasteiger partial charge is 0.272 e. The van der Waals surface area contributed by atoms with Crippen molar-refractivity contribution in [3.63, 3.8) is 0 Å². The predicted octanol–water partition coefficient (Wildman–Crippen LogP) is 5.01. The smallest absolute Gasteiger partial charge is 0.252 e. The van der Waals surface area contributed by atoms with E-state index in [1.54, 1.807) is 12.1 Å². The molecule has 4 heteroatoms. The van der Waals surface area contributed by atoms with E-state index in [0.717, 1.165) is 22.4 Å². The van der Waals surface area contributed by atoms with Crippen LogP contribution in [0, 0.1) is 0 Å². The summed E-state index contributed by atoms with van der Waals surface area (Å²) in [5, 5.41) is 4.94. The van der Waals surface area contributed by atoms with Crippen LogP contribution in [0.5, 0.6) is 0 Å². The summed E-state index contributed by atoms with van der Waals surface area (Å²) in [7, 11) is 0. The van der Waals surface area contributed by atoms with Gasteiger partial charge >= 0.3 is 0 Å². The summed E-state index contributed by atoms with van der Waals surface area (Å²) >= 11 is 5.91. The second-order valence-corrected chi connectivity index (χ2v) is 6.37. The van der Waals surface area contributed by atoms with E-state index < -0.39 is 5.92 Å². The first-order chi connectivity index (χ1) is 12.6. The van der Waals surface area contributed by atoms with Crippen LogP contribution in [0.3, 0.4) is 0 Å². The van der Waals surface area contributed by atoms with E-state index in [4.69, 9.17) is 11.6 Å². The normalized spacial score (nSPS) is 11.4. The van der Waals surface area contributed by atoms with E-state index >= 15 is 0 Å². The van der Waals surface area contributed by atoms with Gasteiger partial charge in [0.1, 0.15) is 0 Å². The zero-order valence-electron chi connectivity index (χ0n) is 14.4. The third-order valence-electron chi connectivity index (χ3n) is 4.12. The van der Waals surface area contributed by atoms with E-state index in [2.05, 4.69) is 10.5 Å². The van der Waals surface area contributed by atoms with Gasteiger partial charge in [0.25, 0.3) is 5.91 Å². The second kappa shape index (κ2) is 8.45. The minimum absolute atomic E-state index is 0.171. The highest BCUT2D eigenvalue weighted by atomic mass is 35.5. The highest BCUT2D eigenvalue weighted by Crippen LogP contribution is 2.24. The number of hydrogen-bond donors (Lipinski definition) is 1. The zero-order chi connectivity index (χ0) is 18.4. The molecule has 0 aliphatic rings. The molecule has 0 bridgehead atoms. The van der Waals surface area contributed by atoms with Gasteiger partial charge in [-0.05, 0) is 35.7 Å². The molecule has 0 radical (unpaired) electrons. The fraction of sp³-hybridized carbons (Fsp3) is 0.0909. The van der Waals surface area contributed by atoms with Gasteiger partial charge in [0.2, 0.25) is 0 Å². The number of hydrazone groups is 1. The SMILES string of the molecule is CC(=NNC(=O)C(c1ccccc1)c1ccccc1)c1ccc(Cl)cc1. The second-order valence-electron chi connectivity index (χ2n) is 5.93. The average Bonchev–Trinajstić information content (AvgIpc) is 2.68. The van der Waals surface area contributed by atoms with E-state index in [-0.39, 0.29) is 5.91 Å². The Kier molecular flexibility index (Phi) is 5.82. The number of carbonyl (C=O) groups excluding carboxylic acids is 1. The van der Waals surface area contributed by atoms with Crippen LogP contribution in [-0.4, -0.2) is 11.6 Å². The summed E-state index contributed by atoms with van der Waals surface area (Å²) in [6, 6.07) is 26.8. The Hall–Kier alpha value is -2.91. The first-order valence-corrected chi connectivity index (χ1v) is 8.73. The minimum atomic E-state index is -0.417. The topological polar surface area (TPSA) is 41.5 Å². The number of amides is 1. The van der Waals surface area contributed by atoms with E-state index in [1.807, 2.05) is 79.7 Å². The molecule has 26 heavy (non-hydrogen) atoms. The first kappa shape index (κ1) is 17.9. The van der Waals surface area contributed by atoms with Crippen molar-refractivity contribution < 1.29 is 4.79 Å². The number of rotatable bonds is 5. The molecule has 0 spiro atoms. The Labute approximate surface area is 158 Å². The van der Waals surface area contributed by atoms with Gasteiger partial charge in [0, 0.05) is 5.02 Å². The van der Waals surface area contributed by atoms with Crippen LogP contribution >= 0.6 is 11.6 Å². The van der Waals surface area contributed by atoms with E-state index in [9.17, 15) is 4.79 Å². The molecule has 3 aromatic rings. The Bertz CT molecular complexity index is 851. The fourth-order valence-corrected chi connectivity index (χ4v) is 2.87. The lowest BCUT2D eigenvalue weighted by atomic mass is 9.91. The molecule has 1 N–H and O–H groups in total. The molecular weight excluding hydrogens is 344 g/mol. The van der Waals surface area contributed by atoms with Gasteiger partial charge in [0.05, 0.1) is 11.6 Å². The number of hydrogen-bond acceptors (Lipinski definition) is 2. The summed E-state index contributed by atoms with van der Waals surface area (Å²) in [5.41, 5.74) is 6.19. The maximum Gasteiger partial charge on any atom is 0.252 e.